The van der Waals surface area contributed by atoms with Gasteiger partial charge in [-0.15, -0.1) is 0 Å². The van der Waals surface area contributed by atoms with Crippen LogP contribution in [-0.4, -0.2) is 64.8 Å². The number of likely N-dealkylation sites (N-methyl/N-ethyl adjacent to an activating group) is 1. The number of aliphatic hydroxyl groups is 1. The van der Waals surface area contributed by atoms with Gasteiger partial charge in [-0.25, -0.2) is 0 Å². The lowest BCUT2D eigenvalue weighted by molar-refractivity contribution is -0.384. The molecule has 0 aliphatic carbocycles. The van der Waals surface area contributed by atoms with Gasteiger partial charge in [0.2, 0.25) is 0 Å². The van der Waals surface area contributed by atoms with Crippen molar-refractivity contribution >= 4 is 23.1 Å². The molecule has 1 aliphatic heterocycles. The molecular formula is C24H27N3O6. The van der Waals surface area contributed by atoms with Crippen LogP contribution in [0.25, 0.3) is 5.76 Å². The van der Waals surface area contributed by atoms with Gasteiger partial charge in [0, 0.05) is 30.8 Å². The molecule has 3 rings (SSSR count). The fourth-order valence-electron chi connectivity index (χ4n) is 3.93. The molecular weight excluding hydrogens is 426 g/mol. The molecule has 1 N–H and O–H groups in total. The molecule has 1 fully saturated rings. The normalized spacial score (nSPS) is 17.6. The number of amides is 1. The van der Waals surface area contributed by atoms with Crippen LogP contribution in [0.1, 0.15) is 31.0 Å². The van der Waals surface area contributed by atoms with Crippen LogP contribution < -0.4 is 4.74 Å². The lowest BCUT2D eigenvalue weighted by Crippen LogP contribution is -2.38. The minimum atomic E-state index is -0.858. The monoisotopic (exact) mass is 453 g/mol. The molecule has 0 bridgehead atoms. The van der Waals surface area contributed by atoms with E-state index in [1.807, 2.05) is 13.8 Å². The minimum Gasteiger partial charge on any atom is -0.507 e. The first-order valence-corrected chi connectivity index (χ1v) is 10.7. The summed E-state index contributed by atoms with van der Waals surface area (Å²) >= 11 is 0. The second kappa shape index (κ2) is 10.3. The zero-order chi connectivity index (χ0) is 24.1. The minimum absolute atomic E-state index is 0.0430. The first kappa shape index (κ1) is 23.9. The number of ketones is 1. The van der Waals surface area contributed by atoms with Gasteiger partial charge < -0.3 is 19.6 Å². The second-order valence-electron chi connectivity index (χ2n) is 7.60. The van der Waals surface area contributed by atoms with Crippen molar-refractivity contribution in [2.75, 3.05) is 33.3 Å². The molecule has 1 aliphatic rings. The van der Waals surface area contributed by atoms with Gasteiger partial charge in [0.05, 0.1) is 23.6 Å². The Morgan fingerprint density at radius 1 is 1.09 bits per heavy atom. The summed E-state index contributed by atoms with van der Waals surface area (Å²) in [5, 5.41) is 22.1. The van der Waals surface area contributed by atoms with Crippen molar-refractivity contribution < 1.29 is 24.4 Å². The average Bonchev–Trinajstić information content (AvgIpc) is 3.09. The topological polar surface area (TPSA) is 113 Å². The first-order valence-electron chi connectivity index (χ1n) is 10.7. The molecule has 9 nitrogen and oxygen atoms in total. The van der Waals surface area contributed by atoms with Crippen molar-refractivity contribution in [1.82, 2.24) is 9.80 Å². The Morgan fingerprint density at radius 2 is 1.70 bits per heavy atom. The Bertz CT molecular complexity index is 1060. The van der Waals surface area contributed by atoms with Crippen LogP contribution in [0.4, 0.5) is 5.69 Å². The smallest absolute Gasteiger partial charge is 0.295 e. The molecule has 0 saturated carbocycles. The molecule has 1 atom stereocenters. The largest absolute Gasteiger partial charge is 0.507 e. The molecule has 0 spiro atoms. The SMILES string of the molecule is CCN(CC)CCN1C(=O)C(=O)C(=C(O)c2ccc(OC)cc2)[C@@H]1c1ccc([N+](=O)[O-])cc1. The summed E-state index contributed by atoms with van der Waals surface area (Å²) in [4.78, 5) is 40.1. The number of hydrogen-bond donors (Lipinski definition) is 1. The number of nitro groups is 1. The number of ether oxygens (including phenoxy) is 1. The van der Waals surface area contributed by atoms with E-state index in [4.69, 9.17) is 4.74 Å². The second-order valence-corrected chi connectivity index (χ2v) is 7.60. The maximum Gasteiger partial charge on any atom is 0.295 e. The number of nitro benzene ring substituents is 1. The molecule has 9 heteroatoms. The Hall–Kier alpha value is -3.72. The van der Waals surface area contributed by atoms with Crippen molar-refractivity contribution in [3.63, 3.8) is 0 Å². The lowest BCUT2D eigenvalue weighted by atomic mass is 9.95. The van der Waals surface area contributed by atoms with E-state index in [9.17, 15) is 24.8 Å². The number of hydrogen-bond acceptors (Lipinski definition) is 7. The highest BCUT2D eigenvalue weighted by molar-refractivity contribution is 6.46. The van der Waals surface area contributed by atoms with Gasteiger partial charge in [-0.2, -0.15) is 0 Å². The predicted molar refractivity (Wildman–Crippen MR) is 123 cm³/mol. The van der Waals surface area contributed by atoms with Gasteiger partial charge >= 0.3 is 0 Å². The molecule has 174 valence electrons. The molecule has 2 aromatic rings. The standard InChI is InChI=1S/C24H27N3O6/c1-4-25(5-2)14-15-26-21(16-6-10-18(11-7-16)27(31)32)20(23(29)24(26)30)22(28)17-8-12-19(33-3)13-9-17/h6-13,21,28H,4-5,14-15H2,1-3H3/t21-/m0/s1. The number of carbonyl (C=O) groups excluding carboxylic acids is 2. The highest BCUT2D eigenvalue weighted by Gasteiger charge is 2.46. The third kappa shape index (κ3) is 4.88. The third-order valence-corrected chi connectivity index (χ3v) is 5.87. The van der Waals surface area contributed by atoms with Crippen LogP contribution >= 0.6 is 0 Å². The fraction of sp³-hybridized carbons (Fsp3) is 0.333. The Morgan fingerprint density at radius 3 is 2.21 bits per heavy atom. The summed E-state index contributed by atoms with van der Waals surface area (Å²) in [5.41, 5.74) is 0.728. The van der Waals surface area contributed by atoms with Crippen molar-refractivity contribution in [2.24, 2.45) is 0 Å². The number of Topliss-reactive ketones (excluding diaryl/α,β-unsaturated/α-hetero) is 1. The number of benzene rings is 2. The lowest BCUT2D eigenvalue weighted by Gasteiger charge is -2.28. The predicted octanol–water partition coefficient (Wildman–Crippen LogP) is 3.37. The Labute approximate surface area is 192 Å². The van der Waals surface area contributed by atoms with Gasteiger partial charge in [-0.3, -0.25) is 19.7 Å². The van der Waals surface area contributed by atoms with Crippen LogP contribution in [0.15, 0.2) is 54.1 Å². The fourth-order valence-corrected chi connectivity index (χ4v) is 3.93. The van der Waals surface area contributed by atoms with E-state index < -0.39 is 22.7 Å². The highest BCUT2D eigenvalue weighted by atomic mass is 16.6. The van der Waals surface area contributed by atoms with Gasteiger partial charge in [0.25, 0.3) is 17.4 Å². The van der Waals surface area contributed by atoms with E-state index >= 15 is 0 Å². The Kier molecular flexibility index (Phi) is 7.44. The van der Waals surface area contributed by atoms with Gasteiger partial charge in [-0.05, 0) is 55.1 Å². The van der Waals surface area contributed by atoms with E-state index in [2.05, 4.69) is 4.90 Å². The van der Waals surface area contributed by atoms with E-state index in [1.165, 1.54) is 36.3 Å². The van der Waals surface area contributed by atoms with E-state index in [0.29, 0.717) is 23.4 Å². The Balaban J connectivity index is 2.09. The highest BCUT2D eigenvalue weighted by Crippen LogP contribution is 2.39. The summed E-state index contributed by atoms with van der Waals surface area (Å²) in [6.45, 7) is 6.41. The number of likely N-dealkylation sites (tertiary alicyclic amines) is 1. The molecule has 1 saturated heterocycles. The quantitative estimate of drug-likeness (QED) is 0.204. The summed E-state index contributed by atoms with van der Waals surface area (Å²) in [5.74, 6) is -1.21. The van der Waals surface area contributed by atoms with Crippen LogP contribution in [0.5, 0.6) is 5.75 Å². The third-order valence-electron chi connectivity index (χ3n) is 5.87. The van der Waals surface area contributed by atoms with Crippen LogP contribution in [-0.2, 0) is 9.59 Å². The van der Waals surface area contributed by atoms with Crippen molar-refractivity contribution in [1.29, 1.82) is 0 Å². The maximum absolute atomic E-state index is 13.0. The molecule has 0 aromatic heterocycles. The number of rotatable bonds is 9. The number of aliphatic hydroxyl groups excluding tert-OH is 1. The van der Waals surface area contributed by atoms with E-state index in [0.717, 1.165) is 13.1 Å². The summed E-state index contributed by atoms with van der Waals surface area (Å²) in [7, 11) is 1.52. The van der Waals surface area contributed by atoms with Crippen LogP contribution in [0.2, 0.25) is 0 Å². The molecule has 33 heavy (non-hydrogen) atoms. The van der Waals surface area contributed by atoms with Crippen molar-refractivity contribution in [3.05, 3.63) is 75.3 Å². The zero-order valence-corrected chi connectivity index (χ0v) is 18.9. The molecule has 0 unspecified atom stereocenters. The summed E-state index contributed by atoms with van der Waals surface area (Å²) < 4.78 is 5.14. The van der Waals surface area contributed by atoms with Crippen LogP contribution in [0.3, 0.4) is 0 Å². The van der Waals surface area contributed by atoms with E-state index in [1.54, 1.807) is 24.3 Å². The number of non-ortho nitro benzene ring substituents is 1. The molecule has 1 amide bonds. The average molecular weight is 453 g/mol. The summed E-state index contributed by atoms with van der Waals surface area (Å²) in [6.07, 6.45) is 0. The first-order chi connectivity index (χ1) is 15.8. The maximum atomic E-state index is 13.0. The number of nitrogens with zero attached hydrogens (tertiary/aromatic N) is 3. The molecule has 0 radical (unpaired) electrons. The van der Waals surface area contributed by atoms with Crippen LogP contribution in [0, 0.1) is 10.1 Å². The number of methoxy groups -OCH3 is 1. The zero-order valence-electron chi connectivity index (χ0n) is 18.9. The summed E-state index contributed by atoms with van der Waals surface area (Å²) in [6, 6.07) is 11.3. The number of carbonyl (C=O) groups is 2. The van der Waals surface area contributed by atoms with Gasteiger partial charge in [-0.1, -0.05) is 13.8 Å². The van der Waals surface area contributed by atoms with Crippen molar-refractivity contribution in [3.8, 4) is 5.75 Å². The van der Waals surface area contributed by atoms with E-state index in [-0.39, 0.29) is 23.6 Å². The van der Waals surface area contributed by atoms with Crippen molar-refractivity contribution in [2.45, 2.75) is 19.9 Å². The molecule has 1 heterocycles. The van der Waals surface area contributed by atoms with Gasteiger partial charge in [0.1, 0.15) is 11.5 Å². The molecule has 2 aromatic carbocycles. The van der Waals surface area contributed by atoms with Gasteiger partial charge in [0.15, 0.2) is 0 Å².